The predicted molar refractivity (Wildman–Crippen MR) is 190 cm³/mol. The van der Waals surface area contributed by atoms with Crippen molar-refractivity contribution in [2.24, 2.45) is 5.92 Å². The summed E-state index contributed by atoms with van der Waals surface area (Å²) in [4.78, 5) is 13.2. The molecule has 0 aliphatic heterocycles. The molecule has 0 heterocycles. The summed E-state index contributed by atoms with van der Waals surface area (Å²) in [6, 6.07) is 23.7. The third kappa shape index (κ3) is 9.66. The minimum Gasteiger partial charge on any atom is -0.493 e. The van der Waals surface area contributed by atoms with Crippen molar-refractivity contribution in [3.8, 4) is 23.0 Å². The van der Waals surface area contributed by atoms with Gasteiger partial charge < -0.3 is 29.4 Å². The zero-order valence-electron chi connectivity index (χ0n) is 28.3. The second kappa shape index (κ2) is 17.4. The van der Waals surface area contributed by atoms with Crippen LogP contribution in [-0.2, 0) is 27.7 Å². The molecule has 4 aromatic carbocycles. The van der Waals surface area contributed by atoms with Gasteiger partial charge in [-0.2, -0.15) is 4.31 Å². The van der Waals surface area contributed by atoms with Gasteiger partial charge in [0.05, 0.1) is 39.3 Å². The van der Waals surface area contributed by atoms with E-state index in [1.54, 1.807) is 82.0 Å². The fourth-order valence-electron chi connectivity index (χ4n) is 5.57. The smallest absolute Gasteiger partial charge is 0.309 e. The van der Waals surface area contributed by atoms with Gasteiger partial charge in [0, 0.05) is 24.2 Å². The number of hydrogen-bond donors (Lipinski definition) is 2. The van der Waals surface area contributed by atoms with Crippen molar-refractivity contribution in [3.05, 3.63) is 112 Å². The Hall–Kier alpha value is -4.29. The van der Waals surface area contributed by atoms with E-state index in [1.165, 1.54) is 11.4 Å². The van der Waals surface area contributed by atoms with Gasteiger partial charge in [-0.15, -0.1) is 0 Å². The van der Waals surface area contributed by atoms with Crippen LogP contribution < -0.4 is 24.3 Å². The Labute approximate surface area is 293 Å². The molecule has 0 spiro atoms. The first-order valence-corrected chi connectivity index (χ1v) is 17.5. The highest BCUT2D eigenvalue weighted by Crippen LogP contribution is 2.31. The molecule has 12 heteroatoms. The second-order valence-electron chi connectivity index (χ2n) is 11.5. The second-order valence-corrected chi connectivity index (χ2v) is 13.9. The number of carboxylic acid groups (broad SMARTS) is 1. The molecule has 0 fully saturated rings. The number of carboxylic acids is 1. The molecule has 2 atom stereocenters. The van der Waals surface area contributed by atoms with Crippen molar-refractivity contribution in [1.82, 2.24) is 9.62 Å². The molecule has 2 N–H and O–H groups in total. The topological polar surface area (TPSA) is 124 Å². The van der Waals surface area contributed by atoms with Crippen LogP contribution in [-0.4, -0.2) is 71.9 Å². The average Bonchev–Trinajstić information content (AvgIpc) is 3.10. The van der Waals surface area contributed by atoms with Crippen molar-refractivity contribution < 1.29 is 37.3 Å². The van der Waals surface area contributed by atoms with Crippen molar-refractivity contribution in [2.45, 2.75) is 30.7 Å². The minimum atomic E-state index is -4.11. The van der Waals surface area contributed by atoms with Crippen LogP contribution in [0, 0.1) is 12.8 Å². The van der Waals surface area contributed by atoms with Crippen molar-refractivity contribution in [3.63, 3.8) is 0 Å². The van der Waals surface area contributed by atoms with Gasteiger partial charge in [0.25, 0.3) is 0 Å². The lowest BCUT2D eigenvalue weighted by molar-refractivity contribution is -0.143. The molecular weight excluding hydrogens is 668 g/mol. The summed E-state index contributed by atoms with van der Waals surface area (Å²) in [6.45, 7) is 1.99. The zero-order chi connectivity index (χ0) is 35.6. The Bertz CT molecular complexity index is 1800. The maximum Gasteiger partial charge on any atom is 0.309 e. The lowest BCUT2D eigenvalue weighted by Gasteiger charge is -2.31. The summed E-state index contributed by atoms with van der Waals surface area (Å²) < 4.78 is 51.2. The summed E-state index contributed by atoms with van der Waals surface area (Å²) in [5.41, 5.74) is 3.32. The Morgan fingerprint density at radius 3 is 1.82 bits per heavy atom. The lowest BCUT2D eigenvalue weighted by atomic mass is 9.92. The van der Waals surface area contributed by atoms with E-state index in [2.05, 4.69) is 5.32 Å². The summed E-state index contributed by atoms with van der Waals surface area (Å²) in [5.74, 6) is -0.0635. The molecule has 0 saturated carbocycles. The standard InChI is InChI=1S/C37H43ClN2O8S/c1-25-6-14-30(15-7-25)49(43,44)40(21-19-27-9-17-33(46-3)35(23-27)48-5)24-31(37(41)42)36(28-10-12-29(38)13-11-28)39-20-18-26-8-16-32(45-2)34(22-26)47-4/h6-17,22-23,31,36,39H,18-21,24H2,1-5H3,(H,41,42). The first kappa shape index (κ1) is 37.5. The maximum atomic E-state index is 14.2. The predicted octanol–water partition coefficient (Wildman–Crippen LogP) is 6.19. The van der Waals surface area contributed by atoms with Crippen molar-refractivity contribution >= 4 is 27.6 Å². The molecular formula is C37H43ClN2O8S. The van der Waals surface area contributed by atoms with Gasteiger partial charge in [-0.1, -0.05) is 53.6 Å². The van der Waals surface area contributed by atoms with Crippen molar-refractivity contribution in [2.75, 3.05) is 48.1 Å². The third-order valence-corrected chi connectivity index (χ3v) is 10.5. The molecule has 0 aliphatic rings. The van der Waals surface area contributed by atoms with Crippen LogP contribution >= 0.6 is 11.6 Å². The number of aliphatic carboxylic acids is 1. The van der Waals surface area contributed by atoms with Gasteiger partial charge in [0.2, 0.25) is 10.0 Å². The van der Waals surface area contributed by atoms with Gasteiger partial charge in [0.1, 0.15) is 0 Å². The van der Waals surface area contributed by atoms with E-state index in [1.807, 2.05) is 31.2 Å². The molecule has 262 valence electrons. The molecule has 0 radical (unpaired) electrons. The Kier molecular flexibility index (Phi) is 13.3. The van der Waals surface area contributed by atoms with Crippen LogP contribution in [0.1, 0.15) is 28.3 Å². The van der Waals surface area contributed by atoms with Crippen LogP contribution in [0.15, 0.2) is 89.8 Å². The van der Waals surface area contributed by atoms with E-state index >= 15 is 0 Å². The Balaban J connectivity index is 1.67. The summed E-state index contributed by atoms with van der Waals surface area (Å²) >= 11 is 6.20. The molecule has 0 aromatic heterocycles. The van der Waals surface area contributed by atoms with E-state index in [4.69, 9.17) is 30.5 Å². The number of halogens is 1. The zero-order valence-corrected chi connectivity index (χ0v) is 29.9. The number of benzene rings is 4. The minimum absolute atomic E-state index is 0.0223. The highest BCUT2D eigenvalue weighted by atomic mass is 35.5. The van der Waals surface area contributed by atoms with Crippen LogP contribution in [0.4, 0.5) is 0 Å². The van der Waals surface area contributed by atoms with Crippen LogP contribution in [0.2, 0.25) is 5.02 Å². The van der Waals surface area contributed by atoms with Crippen LogP contribution in [0.3, 0.4) is 0 Å². The quantitative estimate of drug-likeness (QED) is 0.124. The van der Waals surface area contributed by atoms with E-state index in [-0.39, 0.29) is 18.0 Å². The van der Waals surface area contributed by atoms with Gasteiger partial charge in [-0.05, 0) is 91.5 Å². The van der Waals surface area contributed by atoms with Crippen LogP contribution in [0.25, 0.3) is 0 Å². The summed E-state index contributed by atoms with van der Waals surface area (Å²) in [6.07, 6.45) is 0.845. The average molecular weight is 711 g/mol. The number of sulfonamides is 1. The number of hydrogen-bond acceptors (Lipinski definition) is 8. The number of nitrogens with zero attached hydrogens (tertiary/aromatic N) is 1. The Morgan fingerprint density at radius 1 is 0.776 bits per heavy atom. The number of carbonyl (C=O) groups is 1. The molecule has 10 nitrogen and oxygen atoms in total. The van der Waals surface area contributed by atoms with E-state index < -0.39 is 28.0 Å². The number of nitrogens with one attached hydrogen (secondary N) is 1. The van der Waals surface area contributed by atoms with E-state index in [0.29, 0.717) is 53.0 Å². The fourth-order valence-corrected chi connectivity index (χ4v) is 7.17. The Morgan fingerprint density at radius 2 is 1.31 bits per heavy atom. The van der Waals surface area contributed by atoms with E-state index in [9.17, 15) is 18.3 Å². The summed E-state index contributed by atoms with van der Waals surface area (Å²) in [5, 5.41) is 14.6. The van der Waals surface area contributed by atoms with Gasteiger partial charge >= 0.3 is 5.97 Å². The number of aryl methyl sites for hydroxylation is 1. The summed E-state index contributed by atoms with van der Waals surface area (Å²) in [7, 11) is 2.10. The monoisotopic (exact) mass is 710 g/mol. The molecule has 0 aliphatic carbocycles. The number of rotatable bonds is 18. The van der Waals surface area contributed by atoms with Gasteiger partial charge in [0.15, 0.2) is 23.0 Å². The first-order chi connectivity index (χ1) is 23.5. The molecule has 2 unspecified atom stereocenters. The van der Waals surface area contributed by atoms with Crippen LogP contribution in [0.5, 0.6) is 23.0 Å². The van der Waals surface area contributed by atoms with E-state index in [0.717, 1.165) is 16.7 Å². The molecule has 0 bridgehead atoms. The largest absolute Gasteiger partial charge is 0.493 e. The molecule has 0 amide bonds. The first-order valence-electron chi connectivity index (χ1n) is 15.7. The molecule has 49 heavy (non-hydrogen) atoms. The third-order valence-electron chi connectivity index (χ3n) is 8.33. The maximum absolute atomic E-state index is 14.2. The molecule has 4 aromatic rings. The molecule has 4 rings (SSSR count). The normalized spacial score (nSPS) is 12.7. The number of ether oxygens (including phenoxy) is 4. The lowest BCUT2D eigenvalue weighted by Crippen LogP contribution is -2.44. The highest BCUT2D eigenvalue weighted by molar-refractivity contribution is 7.89. The van der Waals surface area contributed by atoms with Gasteiger partial charge in [-0.3, -0.25) is 4.79 Å². The van der Waals surface area contributed by atoms with Crippen molar-refractivity contribution in [1.29, 1.82) is 0 Å². The fraction of sp³-hybridized carbons (Fsp3) is 0.324. The highest BCUT2D eigenvalue weighted by Gasteiger charge is 2.35. The van der Waals surface area contributed by atoms with Gasteiger partial charge in [-0.25, -0.2) is 8.42 Å². The SMILES string of the molecule is COc1ccc(CCNC(c2ccc(Cl)cc2)C(CN(CCc2ccc(OC)c(OC)c2)S(=O)(=O)c2ccc(C)cc2)C(=O)O)cc1OC. The number of methoxy groups -OCH3 is 4. The molecule has 0 saturated heterocycles.